The third kappa shape index (κ3) is 4.76. The highest BCUT2D eigenvalue weighted by molar-refractivity contribution is 5.98. The molecule has 0 aliphatic rings. The molecule has 0 unspecified atom stereocenters. The normalized spacial score (nSPS) is 11.2. The first-order chi connectivity index (χ1) is 13.5. The van der Waals surface area contributed by atoms with E-state index in [2.05, 4.69) is 41.5 Å². The van der Waals surface area contributed by atoms with E-state index in [0.717, 1.165) is 30.5 Å². The standard InChI is InChI=1S/C22H26N4O2/c1-4-22(3,5-2)19-15-20(28-26-19)25-21(27)24-18-8-6-16(7-9-18)14-17-10-12-23-13-11-17/h6-13,15H,4-5,14H2,1-3H3,(H2,24,25,27). The monoisotopic (exact) mass is 378 g/mol. The summed E-state index contributed by atoms with van der Waals surface area (Å²) >= 11 is 0. The minimum atomic E-state index is -0.362. The van der Waals surface area contributed by atoms with Gasteiger partial charge in [0.15, 0.2) is 0 Å². The highest BCUT2D eigenvalue weighted by atomic mass is 16.5. The number of nitrogens with one attached hydrogen (secondary N) is 2. The fourth-order valence-corrected chi connectivity index (χ4v) is 2.95. The molecule has 0 saturated heterocycles. The lowest BCUT2D eigenvalue weighted by Gasteiger charge is -2.22. The van der Waals surface area contributed by atoms with Crippen LogP contribution in [0.1, 0.15) is 50.4 Å². The van der Waals surface area contributed by atoms with Crippen LogP contribution in [0.4, 0.5) is 16.4 Å². The molecule has 2 heterocycles. The quantitative estimate of drug-likeness (QED) is 0.578. The minimum Gasteiger partial charge on any atom is -0.338 e. The number of carbonyl (C=O) groups is 1. The molecule has 0 aliphatic carbocycles. The fourth-order valence-electron chi connectivity index (χ4n) is 2.95. The molecule has 3 rings (SSSR count). The van der Waals surface area contributed by atoms with E-state index in [1.54, 1.807) is 18.5 Å². The molecule has 2 N–H and O–H groups in total. The second-order valence-electron chi connectivity index (χ2n) is 7.15. The van der Waals surface area contributed by atoms with Crippen LogP contribution >= 0.6 is 0 Å². The third-order valence-corrected chi connectivity index (χ3v) is 5.30. The number of benzene rings is 1. The summed E-state index contributed by atoms with van der Waals surface area (Å²) in [6.45, 7) is 6.38. The number of amides is 2. The SMILES string of the molecule is CCC(C)(CC)c1cc(NC(=O)Nc2ccc(Cc3ccncc3)cc2)on1. The summed E-state index contributed by atoms with van der Waals surface area (Å²) in [5.41, 5.74) is 3.87. The average Bonchev–Trinajstić information content (AvgIpc) is 3.18. The van der Waals surface area contributed by atoms with E-state index < -0.39 is 0 Å². The van der Waals surface area contributed by atoms with Gasteiger partial charge in [-0.2, -0.15) is 0 Å². The van der Waals surface area contributed by atoms with Gasteiger partial charge in [0.05, 0.1) is 5.69 Å². The Kier molecular flexibility index (Phi) is 6.09. The molecule has 0 radical (unpaired) electrons. The fraction of sp³-hybridized carbons (Fsp3) is 0.318. The molecule has 3 aromatic rings. The Labute approximate surface area is 165 Å². The van der Waals surface area contributed by atoms with Gasteiger partial charge in [0.2, 0.25) is 5.88 Å². The molecule has 0 saturated carbocycles. The number of hydrogen-bond acceptors (Lipinski definition) is 4. The number of rotatable bonds is 7. The van der Waals surface area contributed by atoms with Crippen LogP contribution in [-0.2, 0) is 11.8 Å². The average molecular weight is 378 g/mol. The number of aromatic nitrogens is 2. The van der Waals surface area contributed by atoms with Crippen molar-refractivity contribution < 1.29 is 9.32 Å². The number of anilines is 2. The van der Waals surface area contributed by atoms with Crippen LogP contribution in [0.15, 0.2) is 59.4 Å². The van der Waals surface area contributed by atoms with Crippen molar-refractivity contribution in [1.82, 2.24) is 10.1 Å². The highest BCUT2D eigenvalue weighted by Gasteiger charge is 2.26. The lowest BCUT2D eigenvalue weighted by molar-refractivity contribution is 0.261. The maximum absolute atomic E-state index is 12.2. The van der Waals surface area contributed by atoms with E-state index in [4.69, 9.17) is 4.52 Å². The smallest absolute Gasteiger partial charge is 0.326 e. The van der Waals surface area contributed by atoms with Crippen LogP contribution < -0.4 is 10.6 Å². The zero-order valence-electron chi connectivity index (χ0n) is 16.5. The molecular formula is C22H26N4O2. The van der Waals surface area contributed by atoms with E-state index in [9.17, 15) is 4.79 Å². The second-order valence-corrected chi connectivity index (χ2v) is 7.15. The van der Waals surface area contributed by atoms with E-state index >= 15 is 0 Å². The molecule has 0 aliphatic heterocycles. The topological polar surface area (TPSA) is 80.0 Å². The number of pyridine rings is 1. The van der Waals surface area contributed by atoms with E-state index in [1.165, 1.54) is 5.56 Å². The van der Waals surface area contributed by atoms with E-state index in [1.807, 2.05) is 36.4 Å². The molecule has 6 heteroatoms. The van der Waals surface area contributed by atoms with Crippen molar-refractivity contribution in [3.8, 4) is 0 Å². The van der Waals surface area contributed by atoms with Crippen LogP contribution in [0.2, 0.25) is 0 Å². The van der Waals surface area contributed by atoms with Crippen LogP contribution in [-0.4, -0.2) is 16.2 Å². The second kappa shape index (κ2) is 8.69. The largest absolute Gasteiger partial charge is 0.338 e. The van der Waals surface area contributed by atoms with Crippen molar-refractivity contribution in [1.29, 1.82) is 0 Å². The molecule has 28 heavy (non-hydrogen) atoms. The molecular weight excluding hydrogens is 352 g/mol. The van der Waals surface area contributed by atoms with Gasteiger partial charge < -0.3 is 9.84 Å². The predicted molar refractivity (Wildman–Crippen MR) is 111 cm³/mol. The Balaban J connectivity index is 1.57. The molecule has 146 valence electrons. The third-order valence-electron chi connectivity index (χ3n) is 5.30. The molecule has 2 aromatic heterocycles. The van der Waals surface area contributed by atoms with Gasteiger partial charge in [-0.05, 0) is 54.7 Å². The van der Waals surface area contributed by atoms with Gasteiger partial charge in [0, 0.05) is 29.6 Å². The Morgan fingerprint density at radius 2 is 1.64 bits per heavy atom. The lowest BCUT2D eigenvalue weighted by Crippen LogP contribution is -2.20. The lowest BCUT2D eigenvalue weighted by atomic mass is 9.81. The first-order valence-corrected chi connectivity index (χ1v) is 9.55. The highest BCUT2D eigenvalue weighted by Crippen LogP contribution is 2.31. The van der Waals surface area contributed by atoms with Crippen molar-refractivity contribution in [2.75, 3.05) is 10.6 Å². The summed E-state index contributed by atoms with van der Waals surface area (Å²) in [6.07, 6.45) is 6.30. The van der Waals surface area contributed by atoms with Crippen LogP contribution in [0, 0.1) is 0 Å². The van der Waals surface area contributed by atoms with Gasteiger partial charge in [-0.1, -0.05) is 38.1 Å². The maximum Gasteiger partial charge on any atom is 0.326 e. The van der Waals surface area contributed by atoms with Gasteiger partial charge in [-0.25, -0.2) is 4.79 Å². The van der Waals surface area contributed by atoms with Gasteiger partial charge in [-0.3, -0.25) is 10.3 Å². The van der Waals surface area contributed by atoms with Crippen molar-refractivity contribution in [2.45, 2.75) is 45.4 Å². The Morgan fingerprint density at radius 3 is 2.29 bits per heavy atom. The first-order valence-electron chi connectivity index (χ1n) is 9.55. The Hall–Kier alpha value is -3.15. The Bertz CT molecular complexity index is 900. The maximum atomic E-state index is 12.2. The number of urea groups is 1. The zero-order valence-corrected chi connectivity index (χ0v) is 16.5. The molecule has 0 atom stereocenters. The summed E-state index contributed by atoms with van der Waals surface area (Å²) in [5.74, 6) is 0.343. The summed E-state index contributed by atoms with van der Waals surface area (Å²) in [5, 5.41) is 9.63. The molecule has 0 fully saturated rings. The summed E-state index contributed by atoms with van der Waals surface area (Å²) in [7, 11) is 0. The summed E-state index contributed by atoms with van der Waals surface area (Å²) in [4.78, 5) is 16.3. The van der Waals surface area contributed by atoms with Crippen molar-refractivity contribution in [3.05, 3.63) is 71.7 Å². The summed E-state index contributed by atoms with van der Waals surface area (Å²) in [6, 6.07) is 13.2. The first kappa shape index (κ1) is 19.6. The van der Waals surface area contributed by atoms with Gasteiger partial charge in [-0.15, -0.1) is 0 Å². The van der Waals surface area contributed by atoms with Gasteiger partial charge in [0.1, 0.15) is 0 Å². The van der Waals surface area contributed by atoms with Crippen molar-refractivity contribution >= 4 is 17.6 Å². The zero-order chi connectivity index (χ0) is 20.0. The van der Waals surface area contributed by atoms with Crippen molar-refractivity contribution in [3.63, 3.8) is 0 Å². The summed E-state index contributed by atoms with van der Waals surface area (Å²) < 4.78 is 5.28. The predicted octanol–water partition coefficient (Wildman–Crippen LogP) is 5.38. The van der Waals surface area contributed by atoms with Crippen LogP contribution in [0.3, 0.4) is 0 Å². The number of carbonyl (C=O) groups excluding carboxylic acids is 1. The molecule has 2 amide bonds. The molecule has 6 nitrogen and oxygen atoms in total. The van der Waals surface area contributed by atoms with Gasteiger partial charge >= 0.3 is 6.03 Å². The van der Waals surface area contributed by atoms with Crippen molar-refractivity contribution in [2.24, 2.45) is 0 Å². The van der Waals surface area contributed by atoms with E-state index in [-0.39, 0.29) is 11.4 Å². The molecule has 0 bridgehead atoms. The van der Waals surface area contributed by atoms with Crippen LogP contribution in [0.5, 0.6) is 0 Å². The molecule has 0 spiro atoms. The van der Waals surface area contributed by atoms with E-state index in [0.29, 0.717) is 11.6 Å². The van der Waals surface area contributed by atoms with Gasteiger partial charge in [0.25, 0.3) is 0 Å². The molecule has 1 aromatic carbocycles. The minimum absolute atomic E-state index is 0.0510. The number of nitrogens with zero attached hydrogens (tertiary/aromatic N) is 2. The van der Waals surface area contributed by atoms with Crippen LogP contribution in [0.25, 0.3) is 0 Å². The Morgan fingerprint density at radius 1 is 1.00 bits per heavy atom. The number of hydrogen-bond donors (Lipinski definition) is 2.